The van der Waals surface area contributed by atoms with Crippen LogP contribution in [0, 0.1) is 6.92 Å². The van der Waals surface area contributed by atoms with Crippen LogP contribution in [0.3, 0.4) is 0 Å². The van der Waals surface area contributed by atoms with Crippen LogP contribution >= 0.6 is 22.9 Å². The number of nitrogens with zero attached hydrogens (tertiary/aromatic N) is 2. The fourth-order valence-corrected chi connectivity index (χ4v) is 3.15. The van der Waals surface area contributed by atoms with Crippen molar-refractivity contribution in [1.29, 1.82) is 0 Å². The summed E-state index contributed by atoms with van der Waals surface area (Å²) in [5.74, 6) is 0. The second kappa shape index (κ2) is 4.96. The fourth-order valence-electron chi connectivity index (χ4n) is 2.17. The van der Waals surface area contributed by atoms with Crippen LogP contribution in [-0.4, -0.2) is 9.38 Å². The Labute approximate surface area is 120 Å². The summed E-state index contributed by atoms with van der Waals surface area (Å²) in [4.78, 5) is 5.55. The van der Waals surface area contributed by atoms with Crippen LogP contribution in [-0.2, 0) is 6.42 Å². The van der Waals surface area contributed by atoms with Gasteiger partial charge in [0.2, 0.25) is 0 Å². The summed E-state index contributed by atoms with van der Waals surface area (Å²) in [6.07, 6.45) is 4.72. The topological polar surface area (TPSA) is 43.3 Å². The molecular weight excluding hydrogens is 278 g/mol. The molecule has 0 saturated heterocycles. The van der Waals surface area contributed by atoms with Crippen molar-refractivity contribution in [2.24, 2.45) is 5.73 Å². The molecule has 2 heterocycles. The van der Waals surface area contributed by atoms with Gasteiger partial charge < -0.3 is 5.73 Å². The molecule has 0 radical (unpaired) electrons. The first-order chi connectivity index (χ1) is 9.15. The van der Waals surface area contributed by atoms with E-state index in [0.717, 1.165) is 26.8 Å². The Morgan fingerprint density at radius 1 is 1.47 bits per heavy atom. The van der Waals surface area contributed by atoms with Crippen molar-refractivity contribution in [3.8, 4) is 0 Å². The fraction of sp³-hybridized carbons (Fsp3) is 0.214. The number of imidazole rings is 1. The Bertz CT molecular complexity index is 688. The molecule has 0 aliphatic rings. The Morgan fingerprint density at radius 2 is 2.32 bits per heavy atom. The van der Waals surface area contributed by atoms with E-state index in [1.807, 2.05) is 47.3 Å². The molecule has 0 aliphatic heterocycles. The molecule has 5 heteroatoms. The highest BCUT2D eigenvalue weighted by Gasteiger charge is 2.14. The minimum Gasteiger partial charge on any atom is -0.324 e. The third-order valence-corrected chi connectivity index (χ3v) is 4.48. The summed E-state index contributed by atoms with van der Waals surface area (Å²) in [6, 6.07) is 5.84. The number of fused-ring (bicyclic) bond motifs is 1. The molecule has 3 rings (SSSR count). The lowest BCUT2D eigenvalue weighted by molar-refractivity contribution is 0.710. The smallest absolute Gasteiger partial charge is 0.193 e. The zero-order valence-electron chi connectivity index (χ0n) is 10.5. The van der Waals surface area contributed by atoms with Gasteiger partial charge in [0.05, 0.1) is 5.69 Å². The van der Waals surface area contributed by atoms with Crippen molar-refractivity contribution in [1.82, 2.24) is 9.38 Å². The number of aryl methyl sites for hydroxylation is 1. The van der Waals surface area contributed by atoms with Crippen LogP contribution in [0.4, 0.5) is 0 Å². The van der Waals surface area contributed by atoms with Crippen LogP contribution in [0.2, 0.25) is 5.02 Å². The van der Waals surface area contributed by atoms with Crippen molar-refractivity contribution >= 4 is 27.9 Å². The second-order valence-electron chi connectivity index (χ2n) is 4.61. The van der Waals surface area contributed by atoms with Crippen LogP contribution in [0.1, 0.15) is 22.9 Å². The number of hydrogen-bond acceptors (Lipinski definition) is 3. The molecule has 19 heavy (non-hydrogen) atoms. The molecule has 3 aromatic rings. The third kappa shape index (κ3) is 2.39. The van der Waals surface area contributed by atoms with Gasteiger partial charge in [0, 0.05) is 35.3 Å². The summed E-state index contributed by atoms with van der Waals surface area (Å²) < 4.78 is 2.02. The minimum absolute atomic E-state index is 0.128. The van der Waals surface area contributed by atoms with Crippen molar-refractivity contribution in [3.05, 3.63) is 57.8 Å². The molecule has 98 valence electrons. The molecule has 0 spiro atoms. The van der Waals surface area contributed by atoms with E-state index in [0.29, 0.717) is 6.42 Å². The van der Waals surface area contributed by atoms with Gasteiger partial charge in [-0.15, -0.1) is 11.3 Å². The van der Waals surface area contributed by atoms with Gasteiger partial charge in [-0.25, -0.2) is 4.98 Å². The van der Waals surface area contributed by atoms with E-state index < -0.39 is 0 Å². The molecule has 1 atom stereocenters. The van der Waals surface area contributed by atoms with Crippen LogP contribution in [0.5, 0.6) is 0 Å². The maximum Gasteiger partial charge on any atom is 0.193 e. The van der Waals surface area contributed by atoms with E-state index in [9.17, 15) is 0 Å². The predicted molar refractivity (Wildman–Crippen MR) is 79.9 cm³/mol. The molecule has 0 aliphatic carbocycles. The maximum absolute atomic E-state index is 6.31. The van der Waals surface area contributed by atoms with Gasteiger partial charge in [0.1, 0.15) is 0 Å². The summed E-state index contributed by atoms with van der Waals surface area (Å²) in [7, 11) is 0. The number of rotatable bonds is 3. The molecular formula is C14H14ClN3S. The van der Waals surface area contributed by atoms with E-state index in [1.54, 1.807) is 11.3 Å². The zero-order chi connectivity index (χ0) is 13.4. The lowest BCUT2D eigenvalue weighted by atomic mass is 10.0. The van der Waals surface area contributed by atoms with Gasteiger partial charge in [0.15, 0.2) is 4.96 Å². The molecule has 1 aromatic carbocycles. The Kier molecular flexibility index (Phi) is 3.31. The molecule has 1 unspecified atom stereocenters. The van der Waals surface area contributed by atoms with Crippen molar-refractivity contribution < 1.29 is 0 Å². The lowest BCUT2D eigenvalue weighted by Crippen LogP contribution is -2.14. The van der Waals surface area contributed by atoms with Gasteiger partial charge in [-0.1, -0.05) is 29.8 Å². The standard InChI is InChI=1S/C14H14ClN3S/c1-9-3-2-4-11(13(9)15)12(16)7-10-8-18-5-6-19-14(18)17-10/h2-6,8,12H,7,16H2,1H3. The van der Waals surface area contributed by atoms with Crippen molar-refractivity contribution in [2.45, 2.75) is 19.4 Å². The molecule has 2 N–H and O–H groups in total. The number of aromatic nitrogens is 2. The third-order valence-electron chi connectivity index (χ3n) is 3.19. The second-order valence-corrected chi connectivity index (χ2v) is 5.86. The maximum atomic E-state index is 6.31. The Balaban J connectivity index is 1.86. The molecule has 0 amide bonds. The van der Waals surface area contributed by atoms with Crippen LogP contribution in [0.15, 0.2) is 36.0 Å². The van der Waals surface area contributed by atoms with Gasteiger partial charge in [-0.3, -0.25) is 4.40 Å². The number of benzene rings is 1. The average Bonchev–Trinajstić information content (AvgIpc) is 2.93. The minimum atomic E-state index is -0.128. The summed E-state index contributed by atoms with van der Waals surface area (Å²) in [5.41, 5.74) is 9.29. The molecule has 0 saturated carbocycles. The highest BCUT2D eigenvalue weighted by Crippen LogP contribution is 2.27. The summed E-state index contributed by atoms with van der Waals surface area (Å²) in [5, 5.41) is 2.78. The molecule has 3 nitrogen and oxygen atoms in total. The monoisotopic (exact) mass is 291 g/mol. The zero-order valence-corrected chi connectivity index (χ0v) is 12.1. The normalized spacial score (nSPS) is 13.0. The first-order valence-electron chi connectivity index (χ1n) is 6.07. The molecule has 0 bridgehead atoms. The van der Waals surface area contributed by atoms with E-state index in [-0.39, 0.29) is 6.04 Å². The number of nitrogens with two attached hydrogens (primary N) is 1. The number of halogens is 1. The van der Waals surface area contributed by atoms with E-state index in [1.165, 1.54) is 0 Å². The van der Waals surface area contributed by atoms with Crippen LogP contribution < -0.4 is 5.73 Å². The van der Waals surface area contributed by atoms with Gasteiger partial charge in [-0.05, 0) is 18.1 Å². The van der Waals surface area contributed by atoms with Crippen molar-refractivity contribution in [3.63, 3.8) is 0 Å². The van der Waals surface area contributed by atoms with E-state index in [4.69, 9.17) is 17.3 Å². The highest BCUT2D eigenvalue weighted by atomic mass is 35.5. The Hall–Kier alpha value is -1.36. The predicted octanol–water partition coefficient (Wildman–Crippen LogP) is 3.60. The summed E-state index contributed by atoms with van der Waals surface area (Å²) >= 11 is 7.93. The SMILES string of the molecule is Cc1cccc(C(N)Cc2cn3ccsc3n2)c1Cl. The highest BCUT2D eigenvalue weighted by molar-refractivity contribution is 7.15. The quantitative estimate of drug-likeness (QED) is 0.801. The Morgan fingerprint density at radius 3 is 3.11 bits per heavy atom. The average molecular weight is 292 g/mol. The molecule has 0 fully saturated rings. The number of hydrogen-bond donors (Lipinski definition) is 1. The largest absolute Gasteiger partial charge is 0.324 e. The molecule has 2 aromatic heterocycles. The van der Waals surface area contributed by atoms with E-state index >= 15 is 0 Å². The first-order valence-corrected chi connectivity index (χ1v) is 7.32. The van der Waals surface area contributed by atoms with Crippen LogP contribution in [0.25, 0.3) is 4.96 Å². The van der Waals surface area contributed by atoms with Crippen molar-refractivity contribution in [2.75, 3.05) is 0 Å². The van der Waals surface area contributed by atoms with Gasteiger partial charge >= 0.3 is 0 Å². The van der Waals surface area contributed by atoms with Gasteiger partial charge in [-0.2, -0.15) is 0 Å². The number of thiazole rings is 1. The lowest BCUT2D eigenvalue weighted by Gasteiger charge is -2.13. The van der Waals surface area contributed by atoms with Gasteiger partial charge in [0.25, 0.3) is 0 Å². The van der Waals surface area contributed by atoms with E-state index in [2.05, 4.69) is 4.98 Å². The summed E-state index contributed by atoms with van der Waals surface area (Å²) in [6.45, 7) is 1.99. The first kappa shape index (κ1) is 12.7.